The van der Waals surface area contributed by atoms with Crippen LogP contribution in [0.3, 0.4) is 0 Å². The standard InChI is InChI=1S/C26H29FN4O6S/c1-25(23(32)28-34,38(2,35)36)9-10-29-13-21-11-19(12-31(21)24(29)33)4-3-18-5-7-20(8-6-18)26(27)16-30(17-26)22-14-37-15-22/h5-8,11-12,22,34H,9-10,13-17H2,1-2H3,(H,28,32). The van der Waals surface area contributed by atoms with E-state index in [9.17, 15) is 18.0 Å². The number of carbonyl (C=O) groups is 2. The lowest BCUT2D eigenvalue weighted by Crippen LogP contribution is -2.64. The first kappa shape index (κ1) is 26.4. The highest BCUT2D eigenvalue weighted by atomic mass is 32.2. The van der Waals surface area contributed by atoms with E-state index in [1.165, 1.54) is 21.9 Å². The van der Waals surface area contributed by atoms with Crippen LogP contribution in [-0.4, -0.2) is 89.8 Å². The van der Waals surface area contributed by atoms with Gasteiger partial charge in [-0.25, -0.2) is 23.1 Å². The monoisotopic (exact) mass is 544 g/mol. The summed E-state index contributed by atoms with van der Waals surface area (Å²) in [4.78, 5) is 28.4. The number of rotatable bonds is 7. The molecule has 3 aliphatic heterocycles. The number of ether oxygens (including phenoxy) is 1. The Hall–Kier alpha value is -3.24. The number of halogens is 1. The number of nitrogens with zero attached hydrogens (tertiary/aromatic N) is 3. The molecule has 1 atom stereocenters. The summed E-state index contributed by atoms with van der Waals surface area (Å²) >= 11 is 0. The van der Waals surface area contributed by atoms with E-state index in [1.807, 2.05) is 0 Å². The Morgan fingerprint density at radius 1 is 1.24 bits per heavy atom. The average molecular weight is 545 g/mol. The molecule has 0 spiro atoms. The number of hydrogen-bond acceptors (Lipinski definition) is 7. The second-order valence-electron chi connectivity index (χ2n) is 10.4. The summed E-state index contributed by atoms with van der Waals surface area (Å²) < 4.78 is 44.2. The normalized spacial score (nSPS) is 20.5. The molecule has 4 heterocycles. The van der Waals surface area contributed by atoms with Crippen LogP contribution in [0.2, 0.25) is 0 Å². The number of amides is 2. The fourth-order valence-electron chi connectivity index (χ4n) is 4.87. The third-order valence-corrected chi connectivity index (χ3v) is 9.81. The number of fused-ring (bicyclic) bond motifs is 1. The average Bonchev–Trinajstić information content (AvgIpc) is 3.36. The molecule has 2 N–H and O–H groups in total. The summed E-state index contributed by atoms with van der Waals surface area (Å²) in [6, 6.07) is 8.86. The molecular weight excluding hydrogens is 515 g/mol. The molecule has 10 nitrogen and oxygen atoms in total. The molecule has 1 aromatic carbocycles. The lowest BCUT2D eigenvalue weighted by molar-refractivity contribution is -0.141. The Kier molecular flexibility index (Phi) is 6.59. The SMILES string of the molecule is CC(CCN1Cc2cc(C#Cc3ccc(C4(F)CN(C5COC5)C4)cc3)cn2C1=O)(C(=O)NO)S(C)(=O)=O. The highest BCUT2D eigenvalue weighted by molar-refractivity contribution is 7.92. The van der Waals surface area contributed by atoms with Gasteiger partial charge >= 0.3 is 6.03 Å². The van der Waals surface area contributed by atoms with Crippen molar-refractivity contribution in [3.63, 3.8) is 0 Å². The number of carbonyl (C=O) groups excluding carboxylic acids is 2. The molecule has 2 amide bonds. The summed E-state index contributed by atoms with van der Waals surface area (Å²) in [7, 11) is -3.86. The van der Waals surface area contributed by atoms with Crippen LogP contribution in [0.25, 0.3) is 0 Å². The first-order chi connectivity index (χ1) is 17.9. The molecule has 0 aliphatic carbocycles. The van der Waals surface area contributed by atoms with E-state index >= 15 is 4.39 Å². The quantitative estimate of drug-likeness (QED) is 0.306. The summed E-state index contributed by atoms with van der Waals surface area (Å²) in [5.74, 6) is 5.03. The third kappa shape index (κ3) is 4.60. The predicted molar refractivity (Wildman–Crippen MR) is 135 cm³/mol. The first-order valence-electron chi connectivity index (χ1n) is 12.2. The number of hydrogen-bond donors (Lipinski definition) is 2. The van der Waals surface area contributed by atoms with Gasteiger partial charge in [-0.3, -0.25) is 19.5 Å². The third-order valence-electron chi connectivity index (χ3n) is 7.79. The summed E-state index contributed by atoms with van der Waals surface area (Å²) in [5.41, 5.74) is 2.74. The van der Waals surface area contributed by atoms with Gasteiger partial charge in [0.15, 0.2) is 20.3 Å². The number of aromatic nitrogens is 1. The van der Waals surface area contributed by atoms with Gasteiger partial charge in [0.1, 0.15) is 0 Å². The van der Waals surface area contributed by atoms with Crippen molar-refractivity contribution in [3.8, 4) is 11.8 Å². The Morgan fingerprint density at radius 3 is 2.45 bits per heavy atom. The van der Waals surface area contributed by atoms with Crippen LogP contribution < -0.4 is 5.48 Å². The van der Waals surface area contributed by atoms with Crippen LogP contribution in [0.5, 0.6) is 0 Å². The van der Waals surface area contributed by atoms with Crippen molar-refractivity contribution in [1.82, 2.24) is 19.8 Å². The van der Waals surface area contributed by atoms with Crippen molar-refractivity contribution >= 4 is 21.8 Å². The zero-order valence-electron chi connectivity index (χ0n) is 21.1. The highest BCUT2D eigenvalue weighted by Crippen LogP contribution is 2.38. The van der Waals surface area contributed by atoms with Gasteiger partial charge in [-0.2, -0.15) is 0 Å². The number of likely N-dealkylation sites (tertiary alicyclic amines) is 1. The van der Waals surface area contributed by atoms with E-state index in [-0.39, 0.29) is 25.5 Å². The maximum atomic E-state index is 15.2. The van der Waals surface area contributed by atoms with Crippen molar-refractivity contribution in [1.29, 1.82) is 0 Å². The number of benzene rings is 1. The van der Waals surface area contributed by atoms with E-state index in [2.05, 4.69) is 16.7 Å². The van der Waals surface area contributed by atoms with Gasteiger partial charge in [0.25, 0.3) is 5.91 Å². The molecular formula is C26H29FN4O6S. The predicted octanol–water partition coefficient (Wildman–Crippen LogP) is 1.25. The van der Waals surface area contributed by atoms with E-state index in [1.54, 1.807) is 36.5 Å². The van der Waals surface area contributed by atoms with Crippen LogP contribution in [0, 0.1) is 11.8 Å². The van der Waals surface area contributed by atoms with Crippen molar-refractivity contribution < 1.29 is 32.3 Å². The summed E-state index contributed by atoms with van der Waals surface area (Å²) in [6.45, 7) is 3.54. The molecule has 0 bridgehead atoms. The van der Waals surface area contributed by atoms with Crippen molar-refractivity contribution in [2.45, 2.75) is 36.3 Å². The molecule has 0 saturated carbocycles. The molecule has 12 heteroatoms. The fraction of sp³-hybridized carbons (Fsp3) is 0.462. The molecule has 0 radical (unpaired) electrons. The second kappa shape index (κ2) is 9.50. The Balaban J connectivity index is 1.20. The molecule has 5 rings (SSSR count). The smallest absolute Gasteiger partial charge is 0.328 e. The lowest BCUT2D eigenvalue weighted by atomic mass is 9.86. The Bertz CT molecular complexity index is 1430. The van der Waals surface area contributed by atoms with E-state index < -0.39 is 26.2 Å². The maximum absolute atomic E-state index is 15.2. The van der Waals surface area contributed by atoms with Gasteiger partial charge in [-0.1, -0.05) is 24.0 Å². The van der Waals surface area contributed by atoms with Crippen LogP contribution >= 0.6 is 0 Å². The molecule has 2 saturated heterocycles. The number of alkyl halides is 1. The largest absolute Gasteiger partial charge is 0.378 e. The minimum Gasteiger partial charge on any atom is -0.378 e. The van der Waals surface area contributed by atoms with Crippen molar-refractivity contribution in [2.75, 3.05) is 39.1 Å². The molecule has 38 heavy (non-hydrogen) atoms. The molecule has 1 aromatic heterocycles. The second-order valence-corrected chi connectivity index (χ2v) is 12.8. The van der Waals surface area contributed by atoms with Crippen LogP contribution in [0.15, 0.2) is 36.5 Å². The zero-order valence-corrected chi connectivity index (χ0v) is 21.9. The summed E-state index contributed by atoms with van der Waals surface area (Å²) in [5, 5.41) is 8.97. The highest BCUT2D eigenvalue weighted by Gasteiger charge is 2.49. The first-order valence-corrected chi connectivity index (χ1v) is 14.1. The zero-order chi connectivity index (χ0) is 27.3. The molecule has 3 aliphatic rings. The molecule has 2 aromatic rings. The van der Waals surface area contributed by atoms with E-state index in [0.717, 1.165) is 11.8 Å². The molecule has 202 valence electrons. The van der Waals surface area contributed by atoms with E-state index in [4.69, 9.17) is 9.94 Å². The minimum atomic E-state index is -3.86. The maximum Gasteiger partial charge on any atom is 0.328 e. The fourth-order valence-corrected chi connectivity index (χ4v) is 5.71. The van der Waals surface area contributed by atoms with E-state index in [0.29, 0.717) is 49.2 Å². The number of sulfone groups is 1. The van der Waals surface area contributed by atoms with Crippen LogP contribution in [0.4, 0.5) is 9.18 Å². The van der Waals surface area contributed by atoms with Crippen LogP contribution in [0.1, 0.15) is 35.7 Å². The van der Waals surface area contributed by atoms with Gasteiger partial charge in [-0.15, -0.1) is 0 Å². The van der Waals surface area contributed by atoms with Crippen LogP contribution in [-0.2, 0) is 31.6 Å². The number of nitrogens with one attached hydrogen (secondary N) is 1. The van der Waals surface area contributed by atoms with Crippen molar-refractivity contribution in [2.24, 2.45) is 0 Å². The lowest BCUT2D eigenvalue weighted by Gasteiger charge is -2.50. The Morgan fingerprint density at radius 2 is 1.89 bits per heavy atom. The Labute approximate surface area is 220 Å². The summed E-state index contributed by atoms with van der Waals surface area (Å²) in [6.07, 6.45) is 2.35. The van der Waals surface area contributed by atoms with Crippen molar-refractivity contribution in [3.05, 3.63) is 58.9 Å². The van der Waals surface area contributed by atoms with Gasteiger partial charge in [0.2, 0.25) is 0 Å². The van der Waals surface area contributed by atoms with Gasteiger partial charge in [0.05, 0.1) is 25.8 Å². The van der Waals surface area contributed by atoms with Gasteiger partial charge < -0.3 is 9.64 Å². The van der Waals surface area contributed by atoms with Gasteiger partial charge in [0, 0.05) is 48.9 Å². The molecule has 2 fully saturated rings. The number of hydroxylamine groups is 1. The minimum absolute atomic E-state index is 0.00706. The molecule has 1 unspecified atom stereocenters. The topological polar surface area (TPSA) is 121 Å². The van der Waals surface area contributed by atoms with Gasteiger partial charge in [-0.05, 0) is 37.1 Å².